The molecule has 0 heterocycles. The van der Waals surface area contributed by atoms with Crippen molar-refractivity contribution in [1.29, 1.82) is 0 Å². The van der Waals surface area contributed by atoms with Gasteiger partial charge in [0.15, 0.2) is 0 Å². The summed E-state index contributed by atoms with van der Waals surface area (Å²) < 4.78 is 0. The highest BCUT2D eigenvalue weighted by molar-refractivity contribution is 7.99. The van der Waals surface area contributed by atoms with Crippen LogP contribution in [0.1, 0.15) is 15.9 Å². The molecule has 0 bridgehead atoms. The molecular weight excluding hydrogens is 356 g/mol. The first-order valence-electron chi connectivity index (χ1n) is 8.59. The fourth-order valence-corrected chi connectivity index (χ4v) is 3.30. The lowest BCUT2D eigenvalue weighted by molar-refractivity contribution is -0.119. The Morgan fingerprint density at radius 1 is 0.704 bits per heavy atom. The summed E-state index contributed by atoms with van der Waals surface area (Å²) in [4.78, 5) is 24.0. The molecule has 0 aliphatic carbocycles. The van der Waals surface area contributed by atoms with E-state index in [0.717, 1.165) is 22.4 Å². The molecule has 27 heavy (non-hydrogen) atoms. The molecule has 0 aromatic heterocycles. The van der Waals surface area contributed by atoms with Crippen LogP contribution in [0.5, 0.6) is 0 Å². The van der Waals surface area contributed by atoms with Crippen LogP contribution in [0.15, 0.2) is 84.9 Å². The van der Waals surface area contributed by atoms with E-state index in [2.05, 4.69) is 10.9 Å². The second-order valence-corrected chi connectivity index (χ2v) is 6.91. The van der Waals surface area contributed by atoms with E-state index >= 15 is 0 Å². The van der Waals surface area contributed by atoms with Gasteiger partial charge in [-0.15, -0.1) is 11.8 Å². The van der Waals surface area contributed by atoms with Gasteiger partial charge < -0.3 is 0 Å². The topological polar surface area (TPSA) is 58.2 Å². The van der Waals surface area contributed by atoms with E-state index in [9.17, 15) is 9.59 Å². The molecule has 136 valence electrons. The van der Waals surface area contributed by atoms with Crippen LogP contribution >= 0.6 is 11.8 Å². The Hall–Kier alpha value is -3.05. The van der Waals surface area contributed by atoms with Crippen LogP contribution in [0.2, 0.25) is 0 Å². The Labute approximate surface area is 163 Å². The highest BCUT2D eigenvalue weighted by Crippen LogP contribution is 2.19. The smallest absolute Gasteiger partial charge is 0.269 e. The van der Waals surface area contributed by atoms with Crippen LogP contribution < -0.4 is 10.9 Å². The highest BCUT2D eigenvalue weighted by Gasteiger charge is 2.08. The van der Waals surface area contributed by atoms with Crippen LogP contribution in [0.25, 0.3) is 11.1 Å². The van der Waals surface area contributed by atoms with Gasteiger partial charge in [-0.05, 0) is 28.8 Å². The van der Waals surface area contributed by atoms with Gasteiger partial charge in [-0.3, -0.25) is 20.4 Å². The summed E-state index contributed by atoms with van der Waals surface area (Å²) in [5.41, 5.74) is 8.69. The third kappa shape index (κ3) is 5.72. The lowest BCUT2D eigenvalue weighted by Gasteiger charge is -2.08. The second-order valence-electron chi connectivity index (χ2n) is 5.92. The van der Waals surface area contributed by atoms with Gasteiger partial charge in [0.25, 0.3) is 5.91 Å². The summed E-state index contributed by atoms with van der Waals surface area (Å²) in [5.74, 6) is 0.465. The zero-order valence-electron chi connectivity index (χ0n) is 14.7. The molecule has 2 amide bonds. The molecule has 3 rings (SSSR count). The number of hydrogen-bond donors (Lipinski definition) is 2. The van der Waals surface area contributed by atoms with Crippen LogP contribution in [-0.2, 0) is 10.5 Å². The molecule has 0 saturated carbocycles. The fourth-order valence-electron chi connectivity index (χ4n) is 2.52. The van der Waals surface area contributed by atoms with E-state index in [1.54, 1.807) is 12.1 Å². The van der Waals surface area contributed by atoms with Crippen molar-refractivity contribution in [3.05, 3.63) is 96.1 Å². The van der Waals surface area contributed by atoms with Crippen molar-refractivity contribution in [1.82, 2.24) is 10.9 Å². The summed E-state index contributed by atoms with van der Waals surface area (Å²) in [5, 5.41) is 0. The van der Waals surface area contributed by atoms with Crippen molar-refractivity contribution in [3.8, 4) is 11.1 Å². The second kappa shape index (κ2) is 9.59. The molecule has 0 saturated heterocycles. The van der Waals surface area contributed by atoms with Crippen molar-refractivity contribution in [2.24, 2.45) is 0 Å². The molecule has 4 nitrogen and oxygen atoms in total. The molecule has 5 heteroatoms. The number of amides is 2. The molecule has 0 aliphatic rings. The monoisotopic (exact) mass is 376 g/mol. The van der Waals surface area contributed by atoms with Gasteiger partial charge in [0.1, 0.15) is 0 Å². The van der Waals surface area contributed by atoms with Gasteiger partial charge in [-0.1, -0.05) is 72.8 Å². The molecule has 3 aromatic carbocycles. The fraction of sp³-hybridized carbons (Fsp3) is 0.0909. The predicted octanol–water partition coefficient (Wildman–Crippen LogP) is 4.05. The first kappa shape index (κ1) is 18.7. The number of hydrazine groups is 1. The minimum atomic E-state index is -0.337. The minimum Gasteiger partial charge on any atom is -0.272 e. The molecule has 2 N–H and O–H groups in total. The quantitative estimate of drug-likeness (QED) is 0.638. The van der Waals surface area contributed by atoms with E-state index in [-0.39, 0.29) is 17.6 Å². The Balaban J connectivity index is 1.44. The molecule has 0 atom stereocenters. The number of thioether (sulfide) groups is 1. The summed E-state index contributed by atoms with van der Waals surface area (Å²) in [7, 11) is 0. The van der Waals surface area contributed by atoms with E-state index in [4.69, 9.17) is 0 Å². The number of rotatable bonds is 6. The van der Waals surface area contributed by atoms with Crippen LogP contribution in [0.3, 0.4) is 0 Å². The molecule has 0 aliphatic heterocycles. The number of carbonyl (C=O) groups excluding carboxylic acids is 2. The SMILES string of the molecule is O=C(CSCc1ccccc1)NNC(=O)c1ccc(-c2ccccc2)cc1. The summed E-state index contributed by atoms with van der Waals surface area (Å²) >= 11 is 1.50. The van der Waals surface area contributed by atoms with Crippen LogP contribution in [0.4, 0.5) is 0 Å². The van der Waals surface area contributed by atoms with E-state index in [0.29, 0.717) is 5.56 Å². The molecular formula is C22H20N2O2S. The van der Waals surface area contributed by atoms with Gasteiger partial charge in [0, 0.05) is 11.3 Å². The molecule has 0 radical (unpaired) electrons. The van der Waals surface area contributed by atoms with Crippen LogP contribution in [-0.4, -0.2) is 17.6 Å². The number of hydrogen-bond acceptors (Lipinski definition) is 3. The zero-order valence-corrected chi connectivity index (χ0v) is 15.5. The van der Waals surface area contributed by atoms with Gasteiger partial charge >= 0.3 is 0 Å². The summed E-state index contributed by atoms with van der Waals surface area (Å²) in [6.45, 7) is 0. The van der Waals surface area contributed by atoms with Gasteiger partial charge in [0.2, 0.25) is 5.91 Å². The first-order valence-corrected chi connectivity index (χ1v) is 9.74. The minimum absolute atomic E-state index is 0.231. The third-order valence-corrected chi connectivity index (χ3v) is 4.92. The summed E-state index contributed by atoms with van der Waals surface area (Å²) in [6.07, 6.45) is 0. The van der Waals surface area contributed by atoms with E-state index in [1.807, 2.05) is 72.8 Å². The maximum atomic E-state index is 12.2. The highest BCUT2D eigenvalue weighted by atomic mass is 32.2. The van der Waals surface area contributed by atoms with E-state index in [1.165, 1.54) is 11.8 Å². The van der Waals surface area contributed by atoms with Gasteiger partial charge in [-0.2, -0.15) is 0 Å². The Morgan fingerprint density at radius 2 is 1.30 bits per heavy atom. The number of nitrogens with one attached hydrogen (secondary N) is 2. The Kier molecular flexibility index (Phi) is 6.66. The molecule has 0 fully saturated rings. The maximum absolute atomic E-state index is 12.2. The maximum Gasteiger partial charge on any atom is 0.269 e. The molecule has 0 unspecified atom stereocenters. The third-order valence-electron chi connectivity index (χ3n) is 3.91. The molecule has 0 spiro atoms. The average Bonchev–Trinajstić information content (AvgIpc) is 2.73. The number of benzene rings is 3. The van der Waals surface area contributed by atoms with Crippen molar-refractivity contribution in [2.45, 2.75) is 5.75 Å². The Bertz CT molecular complexity index is 881. The van der Waals surface area contributed by atoms with Gasteiger partial charge in [0.05, 0.1) is 5.75 Å². The standard InChI is InChI=1S/C22H20N2O2S/c25-21(16-27-15-17-7-3-1-4-8-17)23-24-22(26)20-13-11-19(12-14-20)18-9-5-2-6-10-18/h1-14H,15-16H2,(H,23,25)(H,24,26). The zero-order chi connectivity index (χ0) is 18.9. The normalized spacial score (nSPS) is 10.2. The predicted molar refractivity (Wildman–Crippen MR) is 110 cm³/mol. The van der Waals surface area contributed by atoms with Gasteiger partial charge in [-0.25, -0.2) is 0 Å². The first-order chi connectivity index (χ1) is 13.2. The Morgan fingerprint density at radius 3 is 1.96 bits per heavy atom. The number of carbonyl (C=O) groups is 2. The summed E-state index contributed by atoms with van der Waals surface area (Å²) in [6, 6.07) is 27.2. The van der Waals surface area contributed by atoms with Crippen molar-refractivity contribution < 1.29 is 9.59 Å². The average molecular weight is 376 g/mol. The van der Waals surface area contributed by atoms with E-state index < -0.39 is 0 Å². The van der Waals surface area contributed by atoms with Crippen molar-refractivity contribution in [3.63, 3.8) is 0 Å². The van der Waals surface area contributed by atoms with Crippen molar-refractivity contribution in [2.75, 3.05) is 5.75 Å². The van der Waals surface area contributed by atoms with Crippen LogP contribution in [0, 0.1) is 0 Å². The largest absolute Gasteiger partial charge is 0.272 e. The lowest BCUT2D eigenvalue weighted by atomic mass is 10.0. The lowest BCUT2D eigenvalue weighted by Crippen LogP contribution is -2.42. The molecule has 3 aromatic rings. The van der Waals surface area contributed by atoms with Crippen molar-refractivity contribution >= 4 is 23.6 Å².